The first-order valence-corrected chi connectivity index (χ1v) is 8.26. The molecule has 4 nitrogen and oxygen atoms in total. The molecule has 0 aromatic rings. The van der Waals surface area contributed by atoms with Crippen molar-refractivity contribution in [3.05, 3.63) is 0 Å². The molecule has 4 aliphatic rings. The van der Waals surface area contributed by atoms with Gasteiger partial charge in [0.25, 0.3) is 0 Å². The lowest BCUT2D eigenvalue weighted by Crippen LogP contribution is -2.62. The number of nitrogens with zero attached hydrogens (tertiary/aromatic N) is 2. The van der Waals surface area contributed by atoms with E-state index in [2.05, 4.69) is 0 Å². The molecule has 0 N–H and O–H groups in total. The first kappa shape index (κ1) is 12.7. The first-order valence-electron chi connectivity index (χ1n) is 8.26. The summed E-state index contributed by atoms with van der Waals surface area (Å²) in [6.45, 7) is 3.53. The lowest BCUT2D eigenvalue weighted by atomic mass is 9.87. The molecule has 0 aromatic heterocycles. The van der Waals surface area contributed by atoms with Gasteiger partial charge in [0.2, 0.25) is 11.8 Å². The molecule has 5 atom stereocenters. The molecule has 2 saturated carbocycles. The van der Waals surface area contributed by atoms with Crippen LogP contribution in [0.4, 0.5) is 0 Å². The van der Waals surface area contributed by atoms with Crippen molar-refractivity contribution in [2.24, 2.45) is 17.8 Å². The standard InChI is InChI=1S/C16H24N2O2/c1-10-15(19)17-6-2-3-14(17)16(20)18(10)9-13-8-11-4-5-12(13)7-11/h10-14H,2-9H2,1H3. The fourth-order valence-corrected chi connectivity index (χ4v) is 5.14. The van der Waals surface area contributed by atoms with Gasteiger partial charge in [-0.25, -0.2) is 0 Å². The zero-order valence-corrected chi connectivity index (χ0v) is 12.3. The molecule has 2 aliphatic heterocycles. The summed E-state index contributed by atoms with van der Waals surface area (Å²) in [7, 11) is 0. The Hall–Kier alpha value is -1.06. The SMILES string of the molecule is CC1C(=O)N2CCCC2C(=O)N1CC1CC2CCC1C2. The van der Waals surface area contributed by atoms with E-state index in [1.54, 1.807) is 0 Å². The van der Waals surface area contributed by atoms with Gasteiger partial charge in [0.1, 0.15) is 12.1 Å². The van der Waals surface area contributed by atoms with Crippen LogP contribution in [0.1, 0.15) is 45.4 Å². The van der Waals surface area contributed by atoms with Crippen molar-refractivity contribution in [2.45, 2.75) is 57.5 Å². The molecule has 0 spiro atoms. The Morgan fingerprint density at radius 1 is 1.10 bits per heavy atom. The Bertz CT molecular complexity index is 450. The van der Waals surface area contributed by atoms with E-state index in [0.717, 1.165) is 37.8 Å². The Morgan fingerprint density at radius 3 is 2.65 bits per heavy atom. The second-order valence-corrected chi connectivity index (χ2v) is 7.29. The number of fused-ring (bicyclic) bond motifs is 3. The smallest absolute Gasteiger partial charge is 0.246 e. The highest BCUT2D eigenvalue weighted by Crippen LogP contribution is 2.48. The van der Waals surface area contributed by atoms with E-state index in [9.17, 15) is 9.59 Å². The van der Waals surface area contributed by atoms with Crippen molar-refractivity contribution in [3.63, 3.8) is 0 Å². The number of hydrogen-bond acceptors (Lipinski definition) is 2. The minimum absolute atomic E-state index is 0.141. The van der Waals surface area contributed by atoms with Crippen molar-refractivity contribution >= 4 is 11.8 Å². The van der Waals surface area contributed by atoms with E-state index in [0.29, 0.717) is 5.92 Å². The molecule has 4 heteroatoms. The van der Waals surface area contributed by atoms with Crippen LogP contribution < -0.4 is 0 Å². The molecule has 0 radical (unpaired) electrons. The second-order valence-electron chi connectivity index (χ2n) is 7.29. The van der Waals surface area contributed by atoms with Crippen LogP contribution in [0, 0.1) is 17.8 Å². The van der Waals surface area contributed by atoms with Crippen molar-refractivity contribution < 1.29 is 9.59 Å². The Balaban J connectivity index is 1.51. The fourth-order valence-electron chi connectivity index (χ4n) is 5.14. The third-order valence-electron chi connectivity index (χ3n) is 6.24. The predicted molar refractivity (Wildman–Crippen MR) is 74.8 cm³/mol. The lowest BCUT2D eigenvalue weighted by molar-refractivity contribution is -0.159. The van der Waals surface area contributed by atoms with E-state index in [4.69, 9.17) is 0 Å². The maximum Gasteiger partial charge on any atom is 0.246 e. The third kappa shape index (κ3) is 1.73. The molecular weight excluding hydrogens is 252 g/mol. The molecule has 4 rings (SSSR count). The summed E-state index contributed by atoms with van der Waals surface area (Å²) in [5.41, 5.74) is 0. The average Bonchev–Trinajstić information content (AvgIpc) is 3.15. The van der Waals surface area contributed by atoms with Crippen LogP contribution >= 0.6 is 0 Å². The highest BCUT2D eigenvalue weighted by atomic mass is 16.2. The molecule has 0 aromatic carbocycles. The number of hydrogen-bond donors (Lipinski definition) is 0. The van der Waals surface area contributed by atoms with Gasteiger partial charge in [0, 0.05) is 13.1 Å². The van der Waals surface area contributed by atoms with Gasteiger partial charge < -0.3 is 9.80 Å². The largest absolute Gasteiger partial charge is 0.329 e. The van der Waals surface area contributed by atoms with E-state index >= 15 is 0 Å². The van der Waals surface area contributed by atoms with E-state index in [1.165, 1.54) is 25.7 Å². The van der Waals surface area contributed by atoms with Crippen LogP contribution in [-0.2, 0) is 9.59 Å². The Labute approximate surface area is 120 Å². The zero-order chi connectivity index (χ0) is 13.9. The number of carbonyl (C=O) groups is 2. The lowest BCUT2D eigenvalue weighted by Gasteiger charge is -2.42. The summed E-state index contributed by atoms with van der Waals surface area (Å²) in [4.78, 5) is 28.9. The first-order chi connectivity index (χ1) is 9.65. The van der Waals surface area contributed by atoms with E-state index in [1.807, 2.05) is 16.7 Å². The molecule has 5 unspecified atom stereocenters. The van der Waals surface area contributed by atoms with Crippen LogP contribution in [0.5, 0.6) is 0 Å². The monoisotopic (exact) mass is 276 g/mol. The molecule has 2 saturated heterocycles. The molecule has 4 fully saturated rings. The molecule has 2 heterocycles. The van der Waals surface area contributed by atoms with Crippen LogP contribution in [0.2, 0.25) is 0 Å². The van der Waals surface area contributed by atoms with Gasteiger partial charge in [-0.3, -0.25) is 9.59 Å². The van der Waals surface area contributed by atoms with Gasteiger partial charge in [-0.15, -0.1) is 0 Å². The summed E-state index contributed by atoms with van der Waals surface area (Å²) < 4.78 is 0. The van der Waals surface area contributed by atoms with Gasteiger partial charge in [-0.1, -0.05) is 6.42 Å². The van der Waals surface area contributed by atoms with Crippen molar-refractivity contribution in [2.75, 3.05) is 13.1 Å². The maximum atomic E-state index is 12.7. The van der Waals surface area contributed by atoms with Gasteiger partial charge in [-0.05, 0) is 56.8 Å². The van der Waals surface area contributed by atoms with Crippen LogP contribution in [0.15, 0.2) is 0 Å². The minimum atomic E-state index is -0.240. The summed E-state index contributed by atoms with van der Waals surface area (Å²) in [5, 5.41) is 0. The maximum absolute atomic E-state index is 12.7. The number of rotatable bonds is 2. The highest BCUT2D eigenvalue weighted by molar-refractivity contribution is 5.97. The topological polar surface area (TPSA) is 40.6 Å². The van der Waals surface area contributed by atoms with E-state index in [-0.39, 0.29) is 23.9 Å². The summed E-state index contributed by atoms with van der Waals surface area (Å²) in [5.74, 6) is 2.77. The van der Waals surface area contributed by atoms with Crippen LogP contribution in [-0.4, -0.2) is 46.8 Å². The molecular formula is C16H24N2O2. The van der Waals surface area contributed by atoms with Gasteiger partial charge in [0.15, 0.2) is 0 Å². The molecule has 2 bridgehead atoms. The third-order valence-corrected chi connectivity index (χ3v) is 6.24. The summed E-state index contributed by atoms with van der Waals surface area (Å²) in [6.07, 6.45) is 7.23. The van der Waals surface area contributed by atoms with Crippen molar-refractivity contribution in [3.8, 4) is 0 Å². The Kier molecular flexibility index (Phi) is 2.83. The zero-order valence-electron chi connectivity index (χ0n) is 12.3. The normalized spacial score (nSPS) is 43.5. The second kappa shape index (κ2) is 4.47. The number of piperazine rings is 1. The Morgan fingerprint density at radius 2 is 1.95 bits per heavy atom. The predicted octanol–water partition coefficient (Wildman–Crippen LogP) is 1.64. The number of amides is 2. The average molecular weight is 276 g/mol. The van der Waals surface area contributed by atoms with E-state index < -0.39 is 0 Å². The molecule has 110 valence electrons. The molecule has 2 aliphatic carbocycles. The molecule has 20 heavy (non-hydrogen) atoms. The van der Waals surface area contributed by atoms with Gasteiger partial charge in [0.05, 0.1) is 0 Å². The van der Waals surface area contributed by atoms with Crippen LogP contribution in [0.25, 0.3) is 0 Å². The quantitative estimate of drug-likeness (QED) is 0.769. The summed E-state index contributed by atoms with van der Waals surface area (Å²) >= 11 is 0. The van der Waals surface area contributed by atoms with Gasteiger partial charge in [-0.2, -0.15) is 0 Å². The van der Waals surface area contributed by atoms with Crippen molar-refractivity contribution in [1.29, 1.82) is 0 Å². The molecule has 2 amide bonds. The van der Waals surface area contributed by atoms with Crippen LogP contribution in [0.3, 0.4) is 0 Å². The summed E-state index contributed by atoms with van der Waals surface area (Å²) in [6, 6.07) is -0.381. The fraction of sp³-hybridized carbons (Fsp3) is 0.875. The highest BCUT2D eigenvalue weighted by Gasteiger charge is 2.48. The number of carbonyl (C=O) groups excluding carboxylic acids is 2. The van der Waals surface area contributed by atoms with Crippen molar-refractivity contribution in [1.82, 2.24) is 9.80 Å². The minimum Gasteiger partial charge on any atom is -0.329 e. The van der Waals surface area contributed by atoms with Gasteiger partial charge >= 0.3 is 0 Å².